The molecule has 0 aromatic carbocycles. The summed E-state index contributed by atoms with van der Waals surface area (Å²) < 4.78 is 0. The number of aromatic nitrogens is 1. The molecule has 2 aromatic rings. The molecule has 1 fully saturated rings. The van der Waals surface area contributed by atoms with Gasteiger partial charge in [0.1, 0.15) is 5.00 Å². The first-order valence-electron chi connectivity index (χ1n) is 7.77. The lowest BCUT2D eigenvalue weighted by Gasteiger charge is -2.23. The molecule has 24 heavy (non-hydrogen) atoms. The third-order valence-electron chi connectivity index (χ3n) is 3.76. The van der Waals surface area contributed by atoms with E-state index in [1.807, 2.05) is 18.2 Å². The second kappa shape index (κ2) is 7.41. The number of piperidine rings is 1. The zero-order valence-corrected chi connectivity index (χ0v) is 13.9. The maximum absolute atomic E-state index is 12.6. The van der Waals surface area contributed by atoms with Crippen molar-refractivity contribution >= 4 is 28.3 Å². The van der Waals surface area contributed by atoms with Crippen LogP contribution in [0.2, 0.25) is 0 Å². The number of nitrogens with one attached hydrogen (secondary N) is 3. The Hall–Kier alpha value is -2.45. The van der Waals surface area contributed by atoms with Crippen molar-refractivity contribution in [2.45, 2.75) is 18.9 Å². The number of nitrogens with zero attached hydrogens (tertiary/aromatic N) is 1. The summed E-state index contributed by atoms with van der Waals surface area (Å²) >= 11 is 1.28. The molecule has 2 aromatic heterocycles. The van der Waals surface area contributed by atoms with Gasteiger partial charge in [0.15, 0.2) is 0 Å². The van der Waals surface area contributed by atoms with Gasteiger partial charge in [0.25, 0.3) is 5.91 Å². The minimum atomic E-state index is -0.696. The van der Waals surface area contributed by atoms with E-state index in [4.69, 9.17) is 5.73 Å². The van der Waals surface area contributed by atoms with E-state index in [2.05, 4.69) is 20.9 Å². The average molecular weight is 345 g/mol. The van der Waals surface area contributed by atoms with E-state index in [0.717, 1.165) is 36.5 Å². The smallest absolute Gasteiger partial charge is 0.317 e. The second-order valence-electron chi connectivity index (χ2n) is 5.57. The lowest BCUT2D eigenvalue weighted by atomic mass is 10.1. The fourth-order valence-electron chi connectivity index (χ4n) is 2.64. The highest BCUT2D eigenvalue weighted by Crippen LogP contribution is 2.34. The van der Waals surface area contributed by atoms with E-state index in [9.17, 15) is 9.59 Å². The Morgan fingerprint density at radius 1 is 1.38 bits per heavy atom. The quantitative estimate of drug-likeness (QED) is 0.677. The van der Waals surface area contributed by atoms with Crippen LogP contribution in [-0.4, -0.2) is 36.1 Å². The van der Waals surface area contributed by atoms with Gasteiger partial charge >= 0.3 is 6.03 Å². The molecule has 0 spiro atoms. The lowest BCUT2D eigenvalue weighted by Crippen LogP contribution is -2.45. The third kappa shape index (κ3) is 3.90. The Morgan fingerprint density at radius 2 is 2.25 bits per heavy atom. The molecule has 0 saturated carbocycles. The predicted molar refractivity (Wildman–Crippen MR) is 94.1 cm³/mol. The molecule has 0 unspecified atom stereocenters. The normalized spacial score (nSPS) is 17.2. The summed E-state index contributed by atoms with van der Waals surface area (Å²) in [6, 6.07) is 6.68. The van der Waals surface area contributed by atoms with Crippen LogP contribution in [-0.2, 0) is 0 Å². The number of carbonyl (C=O) groups is 2. The Kier molecular flexibility index (Phi) is 5.07. The van der Waals surface area contributed by atoms with Crippen molar-refractivity contribution in [3.8, 4) is 10.6 Å². The topological polar surface area (TPSA) is 109 Å². The monoisotopic (exact) mass is 345 g/mol. The van der Waals surface area contributed by atoms with Gasteiger partial charge in [0, 0.05) is 18.8 Å². The zero-order valence-electron chi connectivity index (χ0n) is 13.0. The number of rotatable bonds is 4. The molecule has 1 aliphatic heterocycles. The van der Waals surface area contributed by atoms with Crippen LogP contribution in [0.5, 0.6) is 0 Å². The summed E-state index contributed by atoms with van der Waals surface area (Å²) in [5.74, 6) is -0.217. The number of thiophene rings is 1. The van der Waals surface area contributed by atoms with Crippen molar-refractivity contribution in [1.82, 2.24) is 15.6 Å². The molecule has 7 nitrogen and oxygen atoms in total. The number of hydrogen-bond acceptors (Lipinski definition) is 5. The number of primary amides is 1. The number of pyridine rings is 1. The van der Waals surface area contributed by atoms with Crippen molar-refractivity contribution in [2.75, 3.05) is 18.4 Å². The highest BCUT2D eigenvalue weighted by molar-refractivity contribution is 7.20. The molecule has 1 aliphatic rings. The van der Waals surface area contributed by atoms with Crippen molar-refractivity contribution < 1.29 is 9.59 Å². The molecule has 126 valence electrons. The molecule has 3 heterocycles. The van der Waals surface area contributed by atoms with Crippen LogP contribution in [0.3, 0.4) is 0 Å². The zero-order chi connectivity index (χ0) is 16.9. The van der Waals surface area contributed by atoms with E-state index in [1.54, 1.807) is 12.3 Å². The van der Waals surface area contributed by atoms with Crippen LogP contribution in [0.1, 0.15) is 23.2 Å². The number of amides is 3. The number of hydrogen-bond donors (Lipinski definition) is 4. The summed E-state index contributed by atoms with van der Waals surface area (Å²) in [7, 11) is 0. The molecule has 3 rings (SSSR count). The van der Waals surface area contributed by atoms with Crippen molar-refractivity contribution in [3.05, 3.63) is 36.0 Å². The standard InChI is InChI=1S/C16H19N5O2S/c17-16(23)21-15-11(14(22)20-10-4-3-6-18-9-10)8-13(24-15)12-5-1-2-7-19-12/h1-2,5,7-8,10,18H,3-4,6,9H2,(H,20,22)(H3,17,21,23)/t10-/m0/s1. The summed E-state index contributed by atoms with van der Waals surface area (Å²) in [6.45, 7) is 1.73. The summed E-state index contributed by atoms with van der Waals surface area (Å²) in [4.78, 5) is 28.9. The fraction of sp³-hybridized carbons (Fsp3) is 0.312. The van der Waals surface area contributed by atoms with Crippen molar-refractivity contribution in [2.24, 2.45) is 5.73 Å². The first-order valence-corrected chi connectivity index (χ1v) is 8.58. The van der Waals surface area contributed by atoms with Gasteiger partial charge in [-0.3, -0.25) is 15.1 Å². The van der Waals surface area contributed by atoms with Gasteiger partial charge in [0.2, 0.25) is 0 Å². The number of urea groups is 1. The lowest BCUT2D eigenvalue weighted by molar-refractivity contribution is 0.0932. The largest absolute Gasteiger partial charge is 0.351 e. The first-order chi connectivity index (χ1) is 11.6. The fourth-order valence-corrected chi connectivity index (χ4v) is 3.67. The van der Waals surface area contributed by atoms with Gasteiger partial charge < -0.3 is 16.4 Å². The van der Waals surface area contributed by atoms with Gasteiger partial charge in [-0.25, -0.2) is 4.79 Å². The highest BCUT2D eigenvalue weighted by atomic mass is 32.1. The third-order valence-corrected chi connectivity index (χ3v) is 4.84. The molecule has 1 atom stereocenters. The van der Waals surface area contributed by atoms with Crippen LogP contribution in [0.4, 0.5) is 9.80 Å². The molecule has 1 saturated heterocycles. The minimum Gasteiger partial charge on any atom is -0.351 e. The summed E-state index contributed by atoms with van der Waals surface area (Å²) in [5.41, 5.74) is 6.38. The molecule has 0 aliphatic carbocycles. The average Bonchev–Trinajstić information content (AvgIpc) is 3.00. The Balaban J connectivity index is 1.85. The summed E-state index contributed by atoms with van der Waals surface area (Å²) in [5, 5.41) is 9.23. The molecule has 0 bridgehead atoms. The summed E-state index contributed by atoms with van der Waals surface area (Å²) in [6.07, 6.45) is 3.65. The molecule has 3 amide bonds. The maximum atomic E-state index is 12.6. The van der Waals surface area contributed by atoms with E-state index >= 15 is 0 Å². The Bertz CT molecular complexity index is 725. The second-order valence-corrected chi connectivity index (χ2v) is 6.63. The van der Waals surface area contributed by atoms with Gasteiger partial charge in [-0.15, -0.1) is 11.3 Å². The van der Waals surface area contributed by atoms with Crippen LogP contribution in [0.15, 0.2) is 30.5 Å². The van der Waals surface area contributed by atoms with Crippen molar-refractivity contribution in [1.29, 1.82) is 0 Å². The van der Waals surface area contributed by atoms with Gasteiger partial charge in [-0.05, 0) is 37.6 Å². The van der Waals surface area contributed by atoms with Crippen molar-refractivity contribution in [3.63, 3.8) is 0 Å². The SMILES string of the molecule is NC(=O)Nc1sc(-c2ccccn2)cc1C(=O)N[C@H]1CCCNC1. The van der Waals surface area contributed by atoms with E-state index in [-0.39, 0.29) is 11.9 Å². The van der Waals surface area contributed by atoms with Gasteiger partial charge in [-0.2, -0.15) is 0 Å². The van der Waals surface area contributed by atoms with Gasteiger partial charge in [0.05, 0.1) is 16.1 Å². The molecular formula is C16H19N5O2S. The maximum Gasteiger partial charge on any atom is 0.317 e. The van der Waals surface area contributed by atoms with Crippen LogP contribution < -0.4 is 21.7 Å². The first kappa shape index (κ1) is 16.4. The van der Waals surface area contributed by atoms with E-state index in [0.29, 0.717) is 10.6 Å². The molecule has 8 heteroatoms. The molecule has 0 radical (unpaired) electrons. The van der Waals surface area contributed by atoms with Gasteiger partial charge in [-0.1, -0.05) is 6.07 Å². The van der Waals surface area contributed by atoms with Crippen LogP contribution in [0.25, 0.3) is 10.6 Å². The van der Waals surface area contributed by atoms with Crippen LogP contribution >= 0.6 is 11.3 Å². The number of anilines is 1. The molecular weight excluding hydrogens is 326 g/mol. The number of carbonyl (C=O) groups excluding carboxylic acids is 2. The Labute approximate surface area is 143 Å². The minimum absolute atomic E-state index is 0.0888. The molecule has 5 N–H and O–H groups in total. The Morgan fingerprint density at radius 3 is 2.92 bits per heavy atom. The van der Waals surface area contributed by atoms with Crippen LogP contribution in [0, 0.1) is 0 Å². The van der Waals surface area contributed by atoms with E-state index < -0.39 is 6.03 Å². The number of nitrogens with two attached hydrogens (primary N) is 1. The van der Waals surface area contributed by atoms with E-state index in [1.165, 1.54) is 11.3 Å². The highest BCUT2D eigenvalue weighted by Gasteiger charge is 2.22. The predicted octanol–water partition coefficient (Wildman–Crippen LogP) is 1.78.